The van der Waals surface area contributed by atoms with Gasteiger partial charge in [-0.05, 0) is 25.3 Å². The van der Waals surface area contributed by atoms with Crippen LogP contribution in [0.25, 0.3) is 0 Å². The maximum atomic E-state index is 4.88. The summed E-state index contributed by atoms with van der Waals surface area (Å²) in [4.78, 5) is 4.88. The van der Waals surface area contributed by atoms with Gasteiger partial charge in [-0.1, -0.05) is 26.2 Å². The Morgan fingerprint density at radius 1 is 1.17 bits per heavy atom. The van der Waals surface area contributed by atoms with Gasteiger partial charge in [0.15, 0.2) is 5.82 Å². The van der Waals surface area contributed by atoms with E-state index in [0.717, 1.165) is 18.9 Å². The van der Waals surface area contributed by atoms with Crippen molar-refractivity contribution >= 4 is 0 Å². The third kappa shape index (κ3) is 2.18. The van der Waals surface area contributed by atoms with Gasteiger partial charge in [0.25, 0.3) is 0 Å². The first-order valence-corrected chi connectivity index (χ1v) is 7.37. The lowest BCUT2D eigenvalue weighted by Crippen LogP contribution is -2.13. The molecule has 2 heterocycles. The Morgan fingerprint density at radius 2 is 1.94 bits per heavy atom. The Balaban J connectivity index is 1.81. The lowest BCUT2D eigenvalue weighted by atomic mass is 9.89. The highest BCUT2D eigenvalue weighted by Gasteiger charge is 2.30. The van der Waals surface area contributed by atoms with Crippen LogP contribution in [0.15, 0.2) is 0 Å². The normalized spacial score (nSPS) is 29.9. The molecular weight excluding hydrogens is 224 g/mol. The van der Waals surface area contributed by atoms with Gasteiger partial charge in [0.1, 0.15) is 5.82 Å². The molecule has 4 nitrogen and oxygen atoms in total. The minimum atomic E-state index is 0.542. The van der Waals surface area contributed by atoms with Crippen LogP contribution in [0.4, 0.5) is 0 Å². The molecule has 0 radical (unpaired) electrons. The monoisotopic (exact) mass is 248 g/mol. The van der Waals surface area contributed by atoms with Gasteiger partial charge < -0.3 is 5.32 Å². The predicted octanol–water partition coefficient (Wildman–Crippen LogP) is 2.19. The molecule has 2 atom stereocenters. The fraction of sp³-hybridized carbons (Fsp3) is 0.857. The minimum Gasteiger partial charge on any atom is -0.316 e. The molecule has 1 N–H and O–H groups in total. The third-order valence-corrected chi connectivity index (χ3v) is 4.63. The topological polar surface area (TPSA) is 42.7 Å². The first-order chi connectivity index (χ1) is 8.75. The molecule has 2 aliphatic rings. The van der Waals surface area contributed by atoms with E-state index in [1.165, 1.54) is 37.9 Å². The van der Waals surface area contributed by atoms with Crippen LogP contribution in [0.5, 0.6) is 0 Å². The summed E-state index contributed by atoms with van der Waals surface area (Å²) in [6.07, 6.45) is 6.64. The third-order valence-electron chi connectivity index (χ3n) is 4.63. The highest BCUT2D eigenvalue weighted by atomic mass is 15.3. The van der Waals surface area contributed by atoms with Gasteiger partial charge in [-0.25, -0.2) is 4.98 Å². The second-order valence-electron chi connectivity index (χ2n) is 6.03. The molecule has 0 aromatic carbocycles. The molecule has 100 valence electrons. The largest absolute Gasteiger partial charge is 0.316 e. The molecular formula is C14H24N4. The van der Waals surface area contributed by atoms with Crippen LogP contribution in [0.3, 0.4) is 0 Å². The SMILES string of the molecule is CC1CNCC1c1nc(C2CCCCC2)nn1C. The average Bonchev–Trinajstić information content (AvgIpc) is 2.96. The summed E-state index contributed by atoms with van der Waals surface area (Å²) >= 11 is 0. The van der Waals surface area contributed by atoms with Gasteiger partial charge in [0.2, 0.25) is 0 Å². The number of hydrogen-bond acceptors (Lipinski definition) is 3. The molecule has 1 saturated carbocycles. The zero-order valence-corrected chi connectivity index (χ0v) is 11.5. The van der Waals surface area contributed by atoms with E-state index in [-0.39, 0.29) is 0 Å². The van der Waals surface area contributed by atoms with Crippen molar-refractivity contribution in [3.8, 4) is 0 Å². The van der Waals surface area contributed by atoms with Crippen LogP contribution in [0, 0.1) is 5.92 Å². The lowest BCUT2D eigenvalue weighted by molar-refractivity contribution is 0.427. The summed E-state index contributed by atoms with van der Waals surface area (Å²) in [6.45, 7) is 4.47. The lowest BCUT2D eigenvalue weighted by Gasteiger charge is -2.18. The van der Waals surface area contributed by atoms with Crippen molar-refractivity contribution in [2.24, 2.45) is 13.0 Å². The fourth-order valence-electron chi connectivity index (χ4n) is 3.43. The van der Waals surface area contributed by atoms with Gasteiger partial charge in [-0.2, -0.15) is 5.10 Å². The van der Waals surface area contributed by atoms with Crippen LogP contribution in [0.1, 0.15) is 62.5 Å². The zero-order valence-electron chi connectivity index (χ0n) is 11.5. The van der Waals surface area contributed by atoms with E-state index in [1.807, 2.05) is 4.68 Å². The van der Waals surface area contributed by atoms with Crippen molar-refractivity contribution in [1.29, 1.82) is 0 Å². The van der Waals surface area contributed by atoms with Crippen molar-refractivity contribution in [3.63, 3.8) is 0 Å². The first-order valence-electron chi connectivity index (χ1n) is 7.37. The van der Waals surface area contributed by atoms with E-state index in [0.29, 0.717) is 17.8 Å². The molecule has 3 rings (SSSR count). The zero-order chi connectivity index (χ0) is 12.5. The Kier molecular flexibility index (Phi) is 3.37. The van der Waals surface area contributed by atoms with Gasteiger partial charge >= 0.3 is 0 Å². The molecule has 1 saturated heterocycles. The van der Waals surface area contributed by atoms with Crippen LogP contribution < -0.4 is 5.32 Å². The standard InChI is InChI=1S/C14H24N4/c1-10-8-15-9-12(10)14-16-13(17-18(14)2)11-6-4-3-5-7-11/h10-12,15H,3-9H2,1-2H3. The van der Waals surface area contributed by atoms with Crippen molar-refractivity contribution in [2.45, 2.75) is 50.9 Å². The van der Waals surface area contributed by atoms with Crippen LogP contribution in [-0.4, -0.2) is 27.9 Å². The number of nitrogens with one attached hydrogen (secondary N) is 1. The number of aryl methyl sites for hydroxylation is 1. The smallest absolute Gasteiger partial charge is 0.154 e. The number of rotatable bonds is 2. The summed E-state index contributed by atoms with van der Waals surface area (Å²) < 4.78 is 2.03. The fourth-order valence-corrected chi connectivity index (χ4v) is 3.43. The highest BCUT2D eigenvalue weighted by molar-refractivity contribution is 5.08. The summed E-state index contributed by atoms with van der Waals surface area (Å²) in [7, 11) is 2.06. The minimum absolute atomic E-state index is 0.542. The Bertz CT molecular complexity index is 406. The number of hydrogen-bond donors (Lipinski definition) is 1. The second kappa shape index (κ2) is 5.00. The van der Waals surface area contributed by atoms with Crippen molar-refractivity contribution in [1.82, 2.24) is 20.1 Å². The van der Waals surface area contributed by atoms with E-state index in [4.69, 9.17) is 10.1 Å². The predicted molar refractivity (Wildman–Crippen MR) is 71.6 cm³/mol. The van der Waals surface area contributed by atoms with E-state index in [2.05, 4.69) is 19.3 Å². The molecule has 4 heteroatoms. The summed E-state index contributed by atoms with van der Waals surface area (Å²) in [5, 5.41) is 8.15. The van der Waals surface area contributed by atoms with Crippen LogP contribution in [-0.2, 0) is 7.05 Å². The Labute approximate surface area is 109 Å². The maximum absolute atomic E-state index is 4.88. The quantitative estimate of drug-likeness (QED) is 0.872. The molecule has 1 aromatic heterocycles. The average molecular weight is 248 g/mol. The van der Waals surface area contributed by atoms with Gasteiger partial charge in [-0.3, -0.25) is 4.68 Å². The van der Waals surface area contributed by atoms with Crippen molar-refractivity contribution in [2.75, 3.05) is 13.1 Å². The molecule has 2 unspecified atom stereocenters. The van der Waals surface area contributed by atoms with Crippen molar-refractivity contribution in [3.05, 3.63) is 11.6 Å². The second-order valence-corrected chi connectivity index (χ2v) is 6.03. The molecule has 1 aromatic rings. The van der Waals surface area contributed by atoms with Crippen LogP contribution >= 0.6 is 0 Å². The molecule has 1 aliphatic heterocycles. The maximum Gasteiger partial charge on any atom is 0.154 e. The highest BCUT2D eigenvalue weighted by Crippen LogP contribution is 2.32. The molecule has 0 bridgehead atoms. The molecule has 18 heavy (non-hydrogen) atoms. The Morgan fingerprint density at radius 3 is 2.61 bits per heavy atom. The molecule has 0 amide bonds. The molecule has 0 spiro atoms. The van der Waals surface area contributed by atoms with Gasteiger partial charge in [0.05, 0.1) is 0 Å². The summed E-state index contributed by atoms with van der Waals surface area (Å²) in [6, 6.07) is 0. The molecule has 1 aliphatic carbocycles. The van der Waals surface area contributed by atoms with Gasteiger partial charge in [0, 0.05) is 25.4 Å². The van der Waals surface area contributed by atoms with Crippen LogP contribution in [0.2, 0.25) is 0 Å². The summed E-state index contributed by atoms with van der Waals surface area (Å²) in [5.41, 5.74) is 0. The van der Waals surface area contributed by atoms with Gasteiger partial charge in [-0.15, -0.1) is 0 Å². The van der Waals surface area contributed by atoms with E-state index in [9.17, 15) is 0 Å². The number of aromatic nitrogens is 3. The van der Waals surface area contributed by atoms with Crippen molar-refractivity contribution < 1.29 is 0 Å². The summed E-state index contributed by atoms with van der Waals surface area (Å²) in [5.74, 6) is 4.12. The van der Waals surface area contributed by atoms with E-state index >= 15 is 0 Å². The molecule has 2 fully saturated rings. The van der Waals surface area contributed by atoms with E-state index in [1.54, 1.807) is 0 Å². The van der Waals surface area contributed by atoms with E-state index < -0.39 is 0 Å². The Hall–Kier alpha value is -0.900. The number of nitrogens with zero attached hydrogens (tertiary/aromatic N) is 3. The first kappa shape index (κ1) is 12.2.